The van der Waals surface area contributed by atoms with Gasteiger partial charge in [0.25, 0.3) is 0 Å². The molecule has 0 aromatic heterocycles. The lowest BCUT2D eigenvalue weighted by Gasteiger charge is -2.29. The van der Waals surface area contributed by atoms with E-state index >= 15 is 0 Å². The molecule has 20 heavy (non-hydrogen) atoms. The summed E-state index contributed by atoms with van der Waals surface area (Å²) >= 11 is 0. The summed E-state index contributed by atoms with van der Waals surface area (Å²) in [5, 5.41) is 9.57. The van der Waals surface area contributed by atoms with Gasteiger partial charge in [0.1, 0.15) is 0 Å². The van der Waals surface area contributed by atoms with Crippen molar-refractivity contribution in [2.45, 2.75) is 36.1 Å². The number of aliphatic hydroxyl groups is 1. The van der Waals surface area contributed by atoms with Crippen molar-refractivity contribution in [3.63, 3.8) is 0 Å². The number of hydrogen-bond acceptors (Lipinski definition) is 4. The highest BCUT2D eigenvalue weighted by molar-refractivity contribution is 7.91. The first-order valence-corrected chi connectivity index (χ1v) is 7.95. The van der Waals surface area contributed by atoms with Crippen LogP contribution in [0.1, 0.15) is 18.4 Å². The van der Waals surface area contributed by atoms with Crippen LogP contribution in [0.3, 0.4) is 0 Å². The first kappa shape index (κ1) is 15.3. The van der Waals surface area contributed by atoms with E-state index in [1.165, 1.54) is 24.3 Å². The van der Waals surface area contributed by atoms with Gasteiger partial charge in [-0.3, -0.25) is 4.90 Å². The average Bonchev–Trinajstić information content (AvgIpc) is 2.39. The Kier molecular flexibility index (Phi) is 4.72. The third-order valence-corrected chi connectivity index (χ3v) is 4.77. The van der Waals surface area contributed by atoms with E-state index in [9.17, 15) is 22.3 Å². The fourth-order valence-electron chi connectivity index (χ4n) is 2.32. The summed E-state index contributed by atoms with van der Waals surface area (Å²) < 4.78 is 47.3. The molecule has 7 heteroatoms. The van der Waals surface area contributed by atoms with Gasteiger partial charge in [-0.05, 0) is 37.1 Å². The summed E-state index contributed by atoms with van der Waals surface area (Å²) in [5.41, 5.74) is 0.840. The van der Waals surface area contributed by atoms with Gasteiger partial charge in [-0.15, -0.1) is 0 Å². The standard InChI is InChI=1S/C13H17F2NO3S/c14-13(15)20(18,19)12-5-3-10(4-6-12)8-16-7-1-2-11(17)9-16/h3-6,11,13,17H,1-2,7-9H2. The number of piperidine rings is 1. The molecule has 0 bridgehead atoms. The van der Waals surface area contributed by atoms with E-state index < -0.39 is 15.6 Å². The van der Waals surface area contributed by atoms with Crippen molar-refractivity contribution in [2.75, 3.05) is 13.1 Å². The number of rotatable bonds is 4. The van der Waals surface area contributed by atoms with Crippen LogP contribution in [0.25, 0.3) is 0 Å². The van der Waals surface area contributed by atoms with Gasteiger partial charge in [-0.2, -0.15) is 8.78 Å². The van der Waals surface area contributed by atoms with Crippen molar-refractivity contribution < 1.29 is 22.3 Å². The van der Waals surface area contributed by atoms with E-state index in [1.807, 2.05) is 0 Å². The van der Waals surface area contributed by atoms with Crippen LogP contribution in [0, 0.1) is 0 Å². The second kappa shape index (κ2) is 6.15. The number of aliphatic hydroxyl groups excluding tert-OH is 1. The molecule has 1 aromatic carbocycles. The molecule has 1 heterocycles. The number of benzene rings is 1. The third kappa shape index (κ3) is 3.53. The normalized spacial score (nSPS) is 21.3. The van der Waals surface area contributed by atoms with Crippen LogP contribution in [0.15, 0.2) is 29.2 Å². The van der Waals surface area contributed by atoms with Crippen LogP contribution in [-0.2, 0) is 16.4 Å². The molecule has 1 aliphatic heterocycles. The number of hydrogen-bond donors (Lipinski definition) is 1. The lowest BCUT2D eigenvalue weighted by Crippen LogP contribution is -2.37. The Bertz CT molecular complexity index is 545. The van der Waals surface area contributed by atoms with Crippen molar-refractivity contribution in [1.29, 1.82) is 0 Å². The van der Waals surface area contributed by atoms with Crippen molar-refractivity contribution in [3.05, 3.63) is 29.8 Å². The van der Waals surface area contributed by atoms with Gasteiger partial charge in [-0.25, -0.2) is 8.42 Å². The second-order valence-electron chi connectivity index (χ2n) is 4.98. The molecule has 1 aliphatic rings. The molecule has 0 saturated carbocycles. The number of sulfone groups is 1. The fraction of sp³-hybridized carbons (Fsp3) is 0.538. The minimum atomic E-state index is -4.52. The van der Waals surface area contributed by atoms with Crippen LogP contribution in [-0.4, -0.2) is 43.4 Å². The van der Waals surface area contributed by atoms with Crippen LogP contribution >= 0.6 is 0 Å². The first-order chi connectivity index (χ1) is 9.39. The Morgan fingerprint density at radius 1 is 1.30 bits per heavy atom. The molecule has 0 radical (unpaired) electrons. The fourth-order valence-corrected chi connectivity index (χ4v) is 3.04. The molecule has 1 saturated heterocycles. The third-order valence-electron chi connectivity index (χ3n) is 3.37. The van der Waals surface area contributed by atoms with E-state index in [4.69, 9.17) is 0 Å². The van der Waals surface area contributed by atoms with Crippen LogP contribution < -0.4 is 0 Å². The number of nitrogens with zero attached hydrogens (tertiary/aromatic N) is 1. The highest BCUT2D eigenvalue weighted by Gasteiger charge is 2.26. The smallest absolute Gasteiger partial charge is 0.341 e. The minimum absolute atomic E-state index is 0.331. The van der Waals surface area contributed by atoms with Crippen molar-refractivity contribution in [2.24, 2.45) is 0 Å². The number of likely N-dealkylation sites (tertiary alicyclic amines) is 1. The Labute approximate surface area is 116 Å². The SMILES string of the molecule is O=S(=O)(c1ccc(CN2CCCC(O)C2)cc1)C(F)F. The van der Waals surface area contributed by atoms with Gasteiger partial charge < -0.3 is 5.11 Å². The lowest BCUT2D eigenvalue weighted by molar-refractivity contribution is 0.0668. The van der Waals surface area contributed by atoms with Gasteiger partial charge >= 0.3 is 5.76 Å². The summed E-state index contributed by atoms with van der Waals surface area (Å²) in [6, 6.07) is 5.49. The Hall–Kier alpha value is -1.05. The number of alkyl halides is 2. The zero-order valence-electron chi connectivity index (χ0n) is 10.9. The van der Waals surface area contributed by atoms with Crippen molar-refractivity contribution >= 4 is 9.84 Å². The minimum Gasteiger partial charge on any atom is -0.392 e. The number of β-amino-alcohol motifs (C(OH)–C–C–N with tert-alkyl or cyclic N) is 1. The molecule has 1 aromatic rings. The summed E-state index contributed by atoms with van der Waals surface area (Å²) in [7, 11) is -4.52. The molecule has 1 fully saturated rings. The van der Waals surface area contributed by atoms with Gasteiger partial charge in [0.15, 0.2) is 0 Å². The monoisotopic (exact) mass is 305 g/mol. The molecule has 1 atom stereocenters. The first-order valence-electron chi connectivity index (χ1n) is 6.41. The Morgan fingerprint density at radius 2 is 1.95 bits per heavy atom. The maximum Gasteiger partial charge on any atom is 0.341 e. The maximum atomic E-state index is 12.4. The van der Waals surface area contributed by atoms with Crippen LogP contribution in [0.4, 0.5) is 8.78 Å². The molecule has 1 unspecified atom stereocenters. The zero-order chi connectivity index (χ0) is 14.8. The zero-order valence-corrected chi connectivity index (χ0v) is 11.7. The topological polar surface area (TPSA) is 57.6 Å². The predicted octanol–water partition coefficient (Wildman–Crippen LogP) is 1.64. The van der Waals surface area contributed by atoms with Crippen molar-refractivity contribution in [1.82, 2.24) is 4.90 Å². The molecule has 0 amide bonds. The molecule has 4 nitrogen and oxygen atoms in total. The van der Waals surface area contributed by atoms with E-state index in [2.05, 4.69) is 4.90 Å². The summed E-state index contributed by atoms with van der Waals surface area (Å²) in [4.78, 5) is 1.69. The molecule has 0 spiro atoms. The molecule has 112 valence electrons. The molecule has 1 N–H and O–H groups in total. The largest absolute Gasteiger partial charge is 0.392 e. The second-order valence-corrected chi connectivity index (χ2v) is 6.90. The quantitative estimate of drug-likeness (QED) is 0.919. The highest BCUT2D eigenvalue weighted by Crippen LogP contribution is 2.20. The number of halogens is 2. The van der Waals surface area contributed by atoms with Crippen molar-refractivity contribution in [3.8, 4) is 0 Å². The van der Waals surface area contributed by atoms with E-state index in [0.717, 1.165) is 24.9 Å². The maximum absolute atomic E-state index is 12.4. The Morgan fingerprint density at radius 3 is 2.50 bits per heavy atom. The summed E-state index contributed by atoms with van der Waals surface area (Å²) in [5.74, 6) is -3.40. The van der Waals surface area contributed by atoms with Gasteiger partial charge in [-0.1, -0.05) is 12.1 Å². The van der Waals surface area contributed by atoms with Gasteiger partial charge in [0.2, 0.25) is 9.84 Å². The van der Waals surface area contributed by atoms with E-state index in [0.29, 0.717) is 13.1 Å². The van der Waals surface area contributed by atoms with Crippen LogP contribution in [0.5, 0.6) is 0 Å². The van der Waals surface area contributed by atoms with E-state index in [1.54, 1.807) is 0 Å². The van der Waals surface area contributed by atoms with Gasteiger partial charge in [0.05, 0.1) is 11.0 Å². The van der Waals surface area contributed by atoms with Gasteiger partial charge in [0, 0.05) is 13.1 Å². The lowest BCUT2D eigenvalue weighted by atomic mass is 10.1. The Balaban J connectivity index is 2.05. The molecular weight excluding hydrogens is 288 g/mol. The van der Waals surface area contributed by atoms with E-state index in [-0.39, 0.29) is 11.0 Å². The van der Waals surface area contributed by atoms with Crippen LogP contribution in [0.2, 0.25) is 0 Å². The summed E-state index contributed by atoms with van der Waals surface area (Å²) in [6.45, 7) is 2.03. The predicted molar refractivity (Wildman–Crippen MR) is 70.1 cm³/mol. The summed E-state index contributed by atoms with van der Waals surface area (Å²) in [6.07, 6.45) is 1.38. The molecule has 0 aliphatic carbocycles. The highest BCUT2D eigenvalue weighted by atomic mass is 32.2. The molecular formula is C13H17F2NO3S. The molecule has 2 rings (SSSR count). The average molecular weight is 305 g/mol.